The van der Waals surface area contributed by atoms with E-state index in [1.165, 1.54) is 11.1 Å². The Labute approximate surface area is 213 Å². The van der Waals surface area contributed by atoms with Gasteiger partial charge in [0.15, 0.2) is 11.6 Å². The Hall–Kier alpha value is -3.54. The maximum absolute atomic E-state index is 15.0. The summed E-state index contributed by atoms with van der Waals surface area (Å²) in [6.07, 6.45) is 1.85. The third-order valence-corrected chi connectivity index (χ3v) is 6.57. The van der Waals surface area contributed by atoms with E-state index in [-0.39, 0.29) is 23.2 Å². The Balaban J connectivity index is 1.41. The van der Waals surface area contributed by atoms with Crippen molar-refractivity contribution in [3.05, 3.63) is 59.2 Å². The summed E-state index contributed by atoms with van der Waals surface area (Å²) in [5.41, 5.74) is 3.25. The first-order chi connectivity index (χ1) is 17.7. The summed E-state index contributed by atoms with van der Waals surface area (Å²) in [6.45, 7) is 8.74. The van der Waals surface area contributed by atoms with Gasteiger partial charge < -0.3 is 15.1 Å². The zero-order chi connectivity index (χ0) is 26.3. The van der Waals surface area contributed by atoms with Crippen LogP contribution in [0.5, 0.6) is 0 Å². The molecule has 3 aromatic heterocycles. The highest BCUT2D eigenvalue weighted by atomic mass is 19.1. The first-order valence-electron chi connectivity index (χ1n) is 12.3. The van der Waals surface area contributed by atoms with Crippen LogP contribution < -0.4 is 5.32 Å². The number of aryl methyl sites for hydroxylation is 1. The molecular weight excluding hydrogens is 478 g/mol. The summed E-state index contributed by atoms with van der Waals surface area (Å²) >= 11 is 0. The second-order valence-corrected chi connectivity index (χ2v) is 9.67. The lowest BCUT2D eigenvalue weighted by Gasteiger charge is -2.28. The number of halogens is 2. The standard InChI is InChI=1S/C26H30F2N8O/c1-15(2)36-16(3)30-25-19(27)11-18(12-22(25)36)24-20(28)13-29-26(33-24)32-23-6-5-17-14-35(10-9-34(4)37)8-7-21(17)31-23/h5-6,11-13,15,37H,7-10,14H2,1-4H3,(H,29,31,32,33). The summed E-state index contributed by atoms with van der Waals surface area (Å²) in [7, 11) is 1.64. The molecular formula is C26H30F2N8O. The summed E-state index contributed by atoms with van der Waals surface area (Å²) < 4.78 is 31.7. The summed E-state index contributed by atoms with van der Waals surface area (Å²) in [5.74, 6) is 0.229. The first-order valence-corrected chi connectivity index (χ1v) is 12.3. The van der Waals surface area contributed by atoms with Gasteiger partial charge in [-0.2, -0.15) is 5.06 Å². The quantitative estimate of drug-likeness (QED) is 0.353. The van der Waals surface area contributed by atoms with Gasteiger partial charge in [0.2, 0.25) is 5.95 Å². The van der Waals surface area contributed by atoms with Gasteiger partial charge in [-0.05, 0) is 44.5 Å². The number of hydrogen-bond acceptors (Lipinski definition) is 8. The Morgan fingerprint density at radius 1 is 1.14 bits per heavy atom. The van der Waals surface area contributed by atoms with Crippen molar-refractivity contribution in [3.63, 3.8) is 0 Å². The first kappa shape index (κ1) is 25.1. The fourth-order valence-electron chi connectivity index (χ4n) is 4.82. The smallest absolute Gasteiger partial charge is 0.229 e. The monoisotopic (exact) mass is 508 g/mol. The summed E-state index contributed by atoms with van der Waals surface area (Å²) in [5, 5.41) is 13.6. The van der Waals surface area contributed by atoms with E-state index in [1.807, 2.05) is 37.5 Å². The predicted molar refractivity (Wildman–Crippen MR) is 137 cm³/mol. The van der Waals surface area contributed by atoms with E-state index in [0.717, 1.165) is 43.5 Å². The van der Waals surface area contributed by atoms with Crippen molar-refractivity contribution in [3.8, 4) is 11.3 Å². The average molecular weight is 509 g/mol. The number of hydrogen-bond donors (Lipinski definition) is 2. The largest absolute Gasteiger partial charge is 0.326 e. The molecule has 0 bridgehead atoms. The van der Waals surface area contributed by atoms with E-state index in [1.54, 1.807) is 13.1 Å². The highest BCUT2D eigenvalue weighted by molar-refractivity contribution is 5.83. The molecule has 0 aliphatic carbocycles. The highest BCUT2D eigenvalue weighted by Crippen LogP contribution is 2.30. The van der Waals surface area contributed by atoms with Crippen LogP contribution in [0.15, 0.2) is 30.5 Å². The Morgan fingerprint density at radius 2 is 1.95 bits per heavy atom. The van der Waals surface area contributed by atoms with Crippen molar-refractivity contribution < 1.29 is 14.0 Å². The minimum absolute atomic E-state index is 0.00471. The topological polar surface area (TPSA) is 95.2 Å². The number of hydroxylamine groups is 2. The van der Waals surface area contributed by atoms with E-state index in [9.17, 15) is 14.0 Å². The van der Waals surface area contributed by atoms with Crippen molar-refractivity contribution in [1.29, 1.82) is 0 Å². The number of aromatic nitrogens is 5. The summed E-state index contributed by atoms with van der Waals surface area (Å²) in [4.78, 5) is 19.8. The normalized spacial score (nSPS) is 14.1. The zero-order valence-electron chi connectivity index (χ0n) is 21.3. The van der Waals surface area contributed by atoms with Crippen molar-refractivity contribution >= 4 is 22.8 Å². The van der Waals surface area contributed by atoms with Crippen LogP contribution >= 0.6 is 0 Å². The van der Waals surface area contributed by atoms with Crippen molar-refractivity contribution in [2.45, 2.75) is 39.8 Å². The van der Waals surface area contributed by atoms with E-state index < -0.39 is 11.6 Å². The molecule has 0 radical (unpaired) electrons. The number of likely N-dealkylation sites (N-methyl/N-ethyl adjacent to an activating group) is 1. The van der Waals surface area contributed by atoms with E-state index >= 15 is 0 Å². The van der Waals surface area contributed by atoms with Gasteiger partial charge in [-0.3, -0.25) is 4.90 Å². The van der Waals surface area contributed by atoms with Crippen LogP contribution in [0.4, 0.5) is 20.5 Å². The lowest BCUT2D eigenvalue weighted by atomic mass is 10.1. The lowest BCUT2D eigenvalue weighted by Crippen LogP contribution is -2.36. The summed E-state index contributed by atoms with van der Waals surface area (Å²) in [6, 6.07) is 6.87. The SMILES string of the molecule is Cc1nc2c(F)cc(-c3nc(Nc4ccc5c(n4)CCN(CCN(C)O)C5)ncc3F)cc2n1C(C)C. The van der Waals surface area contributed by atoms with E-state index in [2.05, 4.69) is 25.2 Å². The Bertz CT molecular complexity index is 1450. The molecule has 0 unspecified atom stereocenters. The molecule has 4 aromatic rings. The molecule has 0 saturated carbocycles. The van der Waals surface area contributed by atoms with Crippen molar-refractivity contribution in [1.82, 2.24) is 34.5 Å². The zero-order valence-corrected chi connectivity index (χ0v) is 21.3. The van der Waals surface area contributed by atoms with Crippen LogP contribution in [0.3, 0.4) is 0 Å². The van der Waals surface area contributed by atoms with Gasteiger partial charge in [-0.25, -0.2) is 28.7 Å². The van der Waals surface area contributed by atoms with Gasteiger partial charge in [-0.15, -0.1) is 0 Å². The molecule has 1 aliphatic heterocycles. The molecule has 1 aromatic carbocycles. The Morgan fingerprint density at radius 3 is 2.70 bits per heavy atom. The fraction of sp³-hybridized carbons (Fsp3) is 0.385. The number of nitrogens with one attached hydrogen (secondary N) is 1. The van der Waals surface area contributed by atoms with Crippen LogP contribution in [-0.2, 0) is 13.0 Å². The lowest BCUT2D eigenvalue weighted by molar-refractivity contribution is -0.0700. The van der Waals surface area contributed by atoms with E-state index in [4.69, 9.17) is 4.98 Å². The third kappa shape index (κ3) is 5.15. The van der Waals surface area contributed by atoms with Crippen LogP contribution in [0.2, 0.25) is 0 Å². The molecule has 0 atom stereocenters. The maximum atomic E-state index is 15.0. The number of benzene rings is 1. The van der Waals surface area contributed by atoms with Gasteiger partial charge in [0.05, 0.1) is 11.7 Å². The molecule has 0 amide bonds. The van der Waals surface area contributed by atoms with Gasteiger partial charge >= 0.3 is 0 Å². The Kier molecular flexibility index (Phi) is 6.84. The van der Waals surface area contributed by atoms with Crippen LogP contribution in [0.25, 0.3) is 22.3 Å². The minimum atomic E-state index is -0.649. The molecule has 0 saturated heterocycles. The molecule has 0 spiro atoms. The van der Waals surface area contributed by atoms with Crippen molar-refractivity contribution in [2.75, 3.05) is 32.0 Å². The number of imidazole rings is 1. The molecule has 37 heavy (non-hydrogen) atoms. The molecule has 9 nitrogen and oxygen atoms in total. The number of rotatable bonds is 7. The highest BCUT2D eigenvalue weighted by Gasteiger charge is 2.20. The van der Waals surface area contributed by atoms with E-state index in [0.29, 0.717) is 29.3 Å². The second kappa shape index (κ2) is 10.1. The van der Waals surface area contributed by atoms with Crippen LogP contribution in [0.1, 0.15) is 37.0 Å². The molecule has 4 heterocycles. The number of pyridine rings is 1. The maximum Gasteiger partial charge on any atom is 0.229 e. The molecule has 0 fully saturated rings. The van der Waals surface area contributed by atoms with Gasteiger partial charge in [0, 0.05) is 56.9 Å². The molecule has 5 rings (SSSR count). The van der Waals surface area contributed by atoms with Gasteiger partial charge in [-0.1, -0.05) is 6.07 Å². The average Bonchev–Trinajstić information content (AvgIpc) is 3.20. The number of anilines is 2. The fourth-order valence-corrected chi connectivity index (χ4v) is 4.82. The molecule has 1 aliphatic rings. The molecule has 11 heteroatoms. The van der Waals surface area contributed by atoms with Crippen LogP contribution in [0, 0.1) is 18.6 Å². The number of nitrogens with zero attached hydrogens (tertiary/aromatic N) is 7. The number of fused-ring (bicyclic) bond motifs is 2. The second-order valence-electron chi connectivity index (χ2n) is 9.67. The van der Waals surface area contributed by atoms with Crippen LogP contribution in [-0.4, -0.2) is 66.4 Å². The molecule has 2 N–H and O–H groups in total. The third-order valence-electron chi connectivity index (χ3n) is 6.57. The molecule has 194 valence electrons. The van der Waals surface area contributed by atoms with Crippen molar-refractivity contribution in [2.24, 2.45) is 0 Å². The minimum Gasteiger partial charge on any atom is -0.326 e. The predicted octanol–water partition coefficient (Wildman–Crippen LogP) is 4.48. The van der Waals surface area contributed by atoms with Gasteiger partial charge in [0.1, 0.15) is 22.9 Å². The van der Waals surface area contributed by atoms with Gasteiger partial charge in [0.25, 0.3) is 0 Å².